The predicted molar refractivity (Wildman–Crippen MR) is 61.6 cm³/mol. The van der Waals surface area contributed by atoms with Crippen LogP contribution < -0.4 is 10.5 Å². The quantitative estimate of drug-likeness (QED) is 0.807. The topological polar surface area (TPSA) is 89.3 Å². The van der Waals surface area contributed by atoms with Crippen LogP contribution in [0.3, 0.4) is 0 Å². The fraction of sp³-hybridized carbons (Fsp3) is 0.300. The highest BCUT2D eigenvalue weighted by atomic mass is 32.2. The van der Waals surface area contributed by atoms with Crippen LogP contribution in [0.5, 0.6) is 0 Å². The normalized spacial score (nSPS) is 11.2. The first-order chi connectivity index (χ1) is 7.21. The molecule has 0 fully saturated rings. The van der Waals surface area contributed by atoms with Crippen LogP contribution >= 0.6 is 0 Å². The van der Waals surface area contributed by atoms with Crippen molar-refractivity contribution in [2.75, 3.05) is 5.32 Å². The summed E-state index contributed by atoms with van der Waals surface area (Å²) in [5.41, 5.74) is 1.60. The molecule has 0 aliphatic rings. The van der Waals surface area contributed by atoms with E-state index in [1.165, 1.54) is 6.92 Å². The van der Waals surface area contributed by atoms with Gasteiger partial charge in [0.25, 0.3) is 0 Å². The van der Waals surface area contributed by atoms with Crippen molar-refractivity contribution >= 4 is 21.6 Å². The number of nitrogens with one attached hydrogen (secondary N) is 1. The van der Waals surface area contributed by atoms with Gasteiger partial charge in [0.2, 0.25) is 15.9 Å². The van der Waals surface area contributed by atoms with Crippen LogP contribution in [0.25, 0.3) is 0 Å². The minimum Gasteiger partial charge on any atom is -0.325 e. The summed E-state index contributed by atoms with van der Waals surface area (Å²) in [5.74, 6) is -0.338. The number of carbonyl (C=O) groups is 1. The van der Waals surface area contributed by atoms with E-state index in [-0.39, 0.29) is 16.5 Å². The zero-order chi connectivity index (χ0) is 12.5. The Balaban J connectivity index is 3.51. The molecule has 0 saturated carbocycles. The van der Waals surface area contributed by atoms with E-state index in [1.807, 2.05) is 6.92 Å². The Kier molecular flexibility index (Phi) is 3.35. The molecule has 1 aromatic rings. The SMILES string of the molecule is CC(=O)Nc1cc(C)cc(C)c1S(N)(=O)=O. The molecule has 0 aromatic heterocycles. The number of benzene rings is 1. The van der Waals surface area contributed by atoms with Gasteiger partial charge in [-0.15, -0.1) is 0 Å². The fourth-order valence-electron chi connectivity index (χ4n) is 1.61. The lowest BCUT2D eigenvalue weighted by Crippen LogP contribution is -2.18. The van der Waals surface area contributed by atoms with Gasteiger partial charge in [0, 0.05) is 6.92 Å². The van der Waals surface area contributed by atoms with E-state index < -0.39 is 10.0 Å². The van der Waals surface area contributed by atoms with Crippen molar-refractivity contribution in [3.63, 3.8) is 0 Å². The molecule has 0 radical (unpaired) electrons. The fourth-order valence-corrected chi connectivity index (χ4v) is 2.54. The van der Waals surface area contributed by atoms with E-state index in [0.717, 1.165) is 5.56 Å². The summed E-state index contributed by atoms with van der Waals surface area (Å²) < 4.78 is 22.8. The number of aryl methyl sites for hydroxylation is 2. The van der Waals surface area contributed by atoms with Crippen LogP contribution in [0.15, 0.2) is 17.0 Å². The number of nitrogens with two attached hydrogens (primary N) is 1. The number of carbonyl (C=O) groups excluding carboxylic acids is 1. The van der Waals surface area contributed by atoms with Gasteiger partial charge in [-0.25, -0.2) is 13.6 Å². The molecule has 1 aromatic carbocycles. The van der Waals surface area contributed by atoms with Gasteiger partial charge in [-0.05, 0) is 31.0 Å². The molecule has 0 unspecified atom stereocenters. The van der Waals surface area contributed by atoms with E-state index in [2.05, 4.69) is 5.32 Å². The van der Waals surface area contributed by atoms with Crippen molar-refractivity contribution < 1.29 is 13.2 Å². The number of hydrogen-bond acceptors (Lipinski definition) is 3. The first kappa shape index (κ1) is 12.7. The molecule has 0 aliphatic heterocycles. The van der Waals surface area contributed by atoms with E-state index in [1.54, 1.807) is 19.1 Å². The Morgan fingerprint density at radius 2 is 1.88 bits per heavy atom. The Hall–Kier alpha value is -1.40. The zero-order valence-corrected chi connectivity index (χ0v) is 10.2. The standard InChI is InChI=1S/C10H14N2O3S/c1-6-4-7(2)10(16(11,14)15)9(5-6)12-8(3)13/h4-5H,1-3H3,(H,12,13)(H2,11,14,15). The van der Waals surface area contributed by atoms with E-state index in [4.69, 9.17) is 5.14 Å². The van der Waals surface area contributed by atoms with Gasteiger partial charge in [-0.2, -0.15) is 0 Å². The van der Waals surface area contributed by atoms with E-state index in [0.29, 0.717) is 5.56 Å². The minimum absolute atomic E-state index is 0.0340. The van der Waals surface area contributed by atoms with Gasteiger partial charge < -0.3 is 5.32 Å². The molecular formula is C10H14N2O3S. The number of amides is 1. The summed E-state index contributed by atoms with van der Waals surface area (Å²) in [6, 6.07) is 3.28. The molecule has 3 N–H and O–H groups in total. The maximum absolute atomic E-state index is 11.4. The maximum atomic E-state index is 11.4. The van der Waals surface area contributed by atoms with Crippen molar-refractivity contribution in [2.24, 2.45) is 5.14 Å². The lowest BCUT2D eigenvalue weighted by molar-refractivity contribution is -0.114. The Labute approximate surface area is 94.7 Å². The third kappa shape index (κ3) is 2.80. The van der Waals surface area contributed by atoms with Gasteiger partial charge in [0.05, 0.1) is 5.69 Å². The lowest BCUT2D eigenvalue weighted by Gasteiger charge is -2.12. The molecule has 0 aliphatic carbocycles. The minimum atomic E-state index is -3.84. The molecule has 5 nitrogen and oxygen atoms in total. The number of hydrogen-bond donors (Lipinski definition) is 2. The molecule has 0 saturated heterocycles. The highest BCUT2D eigenvalue weighted by Gasteiger charge is 2.18. The van der Waals surface area contributed by atoms with Crippen molar-refractivity contribution in [3.8, 4) is 0 Å². The van der Waals surface area contributed by atoms with Crippen LogP contribution in [-0.2, 0) is 14.8 Å². The van der Waals surface area contributed by atoms with Gasteiger partial charge in [0.1, 0.15) is 4.90 Å². The Bertz CT molecular complexity index is 535. The average molecular weight is 242 g/mol. The zero-order valence-electron chi connectivity index (χ0n) is 9.37. The molecule has 16 heavy (non-hydrogen) atoms. The summed E-state index contributed by atoms with van der Waals surface area (Å²) >= 11 is 0. The summed E-state index contributed by atoms with van der Waals surface area (Å²) in [6.45, 7) is 4.76. The van der Waals surface area contributed by atoms with Crippen molar-refractivity contribution in [1.29, 1.82) is 0 Å². The van der Waals surface area contributed by atoms with Crippen LogP contribution in [-0.4, -0.2) is 14.3 Å². The summed E-state index contributed by atoms with van der Waals surface area (Å²) in [6.07, 6.45) is 0. The van der Waals surface area contributed by atoms with Crippen LogP contribution in [0.1, 0.15) is 18.1 Å². The van der Waals surface area contributed by atoms with Gasteiger partial charge >= 0.3 is 0 Å². The number of rotatable bonds is 2. The predicted octanol–water partition coefficient (Wildman–Crippen LogP) is 0.909. The lowest BCUT2D eigenvalue weighted by atomic mass is 10.1. The summed E-state index contributed by atoms with van der Waals surface area (Å²) in [4.78, 5) is 10.9. The molecule has 0 bridgehead atoms. The smallest absolute Gasteiger partial charge is 0.240 e. The number of anilines is 1. The molecule has 6 heteroatoms. The second kappa shape index (κ2) is 4.23. The first-order valence-electron chi connectivity index (χ1n) is 4.63. The van der Waals surface area contributed by atoms with Gasteiger partial charge in [-0.3, -0.25) is 4.79 Å². The number of sulfonamides is 1. The van der Waals surface area contributed by atoms with Crippen molar-refractivity contribution in [3.05, 3.63) is 23.3 Å². The van der Waals surface area contributed by atoms with Crippen LogP contribution in [0.2, 0.25) is 0 Å². The van der Waals surface area contributed by atoms with E-state index in [9.17, 15) is 13.2 Å². The Morgan fingerprint density at radius 1 is 1.31 bits per heavy atom. The van der Waals surface area contributed by atoms with Crippen LogP contribution in [0, 0.1) is 13.8 Å². The molecular weight excluding hydrogens is 228 g/mol. The summed E-state index contributed by atoms with van der Waals surface area (Å²) in [7, 11) is -3.84. The molecule has 1 amide bonds. The number of primary sulfonamides is 1. The van der Waals surface area contributed by atoms with Crippen molar-refractivity contribution in [2.45, 2.75) is 25.7 Å². The van der Waals surface area contributed by atoms with Gasteiger partial charge in [-0.1, -0.05) is 6.07 Å². The third-order valence-electron chi connectivity index (χ3n) is 2.01. The second-order valence-corrected chi connectivity index (χ2v) is 5.18. The average Bonchev–Trinajstić information content (AvgIpc) is 1.96. The van der Waals surface area contributed by atoms with Gasteiger partial charge in [0.15, 0.2) is 0 Å². The van der Waals surface area contributed by atoms with Crippen molar-refractivity contribution in [1.82, 2.24) is 0 Å². The molecule has 0 spiro atoms. The maximum Gasteiger partial charge on any atom is 0.240 e. The molecule has 0 heterocycles. The second-order valence-electron chi connectivity index (χ2n) is 3.68. The molecule has 88 valence electrons. The van der Waals surface area contributed by atoms with Crippen LogP contribution in [0.4, 0.5) is 5.69 Å². The Morgan fingerprint density at radius 3 is 2.31 bits per heavy atom. The van der Waals surface area contributed by atoms with E-state index >= 15 is 0 Å². The third-order valence-corrected chi connectivity index (χ3v) is 3.13. The molecule has 0 atom stereocenters. The molecule has 1 rings (SSSR count). The highest BCUT2D eigenvalue weighted by molar-refractivity contribution is 7.89. The summed E-state index contributed by atoms with van der Waals surface area (Å²) in [5, 5.41) is 7.57. The highest BCUT2D eigenvalue weighted by Crippen LogP contribution is 2.25. The largest absolute Gasteiger partial charge is 0.325 e. The monoisotopic (exact) mass is 242 g/mol. The first-order valence-corrected chi connectivity index (χ1v) is 6.18.